The highest BCUT2D eigenvalue weighted by atomic mass is 16.8. The quantitative estimate of drug-likeness (QED) is 0.0193. The lowest BCUT2D eigenvalue weighted by molar-refractivity contribution is -0.399. The van der Waals surface area contributed by atoms with Gasteiger partial charge in [0.1, 0.15) is 67.1 Å². The summed E-state index contributed by atoms with van der Waals surface area (Å²) in [7, 11) is 0. The molecule has 1 aromatic carbocycles. The molecule has 6 saturated heterocycles. The third-order valence-corrected chi connectivity index (χ3v) is 19.6. The molecule has 6 fully saturated rings. The molecule has 6 aliphatic rings. The smallest absolute Gasteiger partial charge is 0.331 e. The van der Waals surface area contributed by atoms with Crippen LogP contribution < -0.4 is 0 Å². The maximum absolute atomic E-state index is 14.4. The van der Waals surface area contributed by atoms with Crippen LogP contribution in [-0.4, -0.2) is 219 Å². The molecule has 25 heteroatoms. The predicted molar refractivity (Wildman–Crippen MR) is 350 cm³/mol. The van der Waals surface area contributed by atoms with E-state index >= 15 is 0 Å². The topological polar surface area (TPSA) is 339 Å². The normalized spacial score (nSPS) is 38.5. The molecule has 0 aromatic heterocycles. The van der Waals surface area contributed by atoms with Crippen LogP contribution in [0, 0.1) is 5.92 Å². The Hall–Kier alpha value is -3.84. The van der Waals surface area contributed by atoms with Crippen molar-refractivity contribution in [2.75, 3.05) is 0 Å². The Bertz CT molecular complexity index is 2490. The summed E-state index contributed by atoms with van der Waals surface area (Å²) in [5, 5.41) is 81.9. The lowest BCUT2D eigenvalue weighted by Crippen LogP contribution is -2.68. The molecular weight excluding hydrogens is 1260 g/mol. The SMILES string of the molecule is CCCCCCCCCCCC(=O)OC1C(C)OC(OC2C(C)OC(OC3C(C)OC4OC5C(OC(CCCCC)CCCCCCCCCC(=O)OC4C3O)OC(C)C(O)C5O)C(OC(=O)C(C)CC)C2OC2OC(C)C(O)C(O)C2O)C(O)C1OC(=O)C=Cc1ccccc1. The van der Waals surface area contributed by atoms with Crippen LogP contribution in [0.1, 0.15) is 222 Å². The summed E-state index contributed by atoms with van der Waals surface area (Å²) in [6, 6.07) is 8.93. The standard InChI is InChI=1S/C72H116O25/c1-10-13-15-16-17-18-21-24-31-37-49(73)90-60-45(8)86-69(58(82)62(60)91-51(75)40-39-47-33-28-26-29-34-47)95-61-46(9)88-72(66(93-67(83)41(4)12-3)65(61)97-68-56(80)54(78)52(76)42(5)84-68)94-59-44(7)87-71-64(57(59)81)92-50(74)38-32-25-22-19-20-23-30-36-48(35-27-14-11-2)89-70-63(96-71)55(79)53(77)43(6)85-70/h26,28-29,33-34,39-46,48,52-66,68-72,76-82H,10-25,27,30-32,35-38H2,1-9H3. The molecule has 27 atom stereocenters. The average molecular weight is 1380 g/mol. The van der Waals surface area contributed by atoms with Crippen LogP contribution in [0.2, 0.25) is 0 Å². The van der Waals surface area contributed by atoms with Gasteiger partial charge < -0.3 is 102 Å². The van der Waals surface area contributed by atoms with Crippen LogP contribution in [0.5, 0.6) is 0 Å². The van der Waals surface area contributed by atoms with E-state index < -0.39 is 183 Å². The zero-order valence-electron chi connectivity index (χ0n) is 58.6. The van der Waals surface area contributed by atoms with E-state index in [9.17, 15) is 54.9 Å². The monoisotopic (exact) mass is 1380 g/mol. The van der Waals surface area contributed by atoms with Crippen LogP contribution in [0.3, 0.4) is 0 Å². The maximum Gasteiger partial charge on any atom is 0.331 e. The largest absolute Gasteiger partial charge is 0.455 e. The van der Waals surface area contributed by atoms with E-state index in [-0.39, 0.29) is 25.4 Å². The Labute approximate surface area is 573 Å². The zero-order valence-corrected chi connectivity index (χ0v) is 58.6. The Morgan fingerprint density at radius 1 is 0.495 bits per heavy atom. The molecule has 27 unspecified atom stereocenters. The number of benzene rings is 1. The fraction of sp³-hybridized carbons (Fsp3) is 0.833. The van der Waals surface area contributed by atoms with Crippen LogP contribution in [0.15, 0.2) is 36.4 Å². The fourth-order valence-electron chi connectivity index (χ4n) is 13.3. The highest BCUT2D eigenvalue weighted by Gasteiger charge is 2.59. The molecule has 25 nitrogen and oxygen atoms in total. The number of carbonyl (C=O) groups is 4. The predicted octanol–water partition coefficient (Wildman–Crippen LogP) is 7.60. The van der Waals surface area contributed by atoms with Crippen molar-refractivity contribution in [1.82, 2.24) is 0 Å². The average Bonchev–Trinajstić information content (AvgIpc) is 0.768. The van der Waals surface area contributed by atoms with Crippen molar-refractivity contribution in [3.63, 3.8) is 0 Å². The van der Waals surface area contributed by atoms with Gasteiger partial charge in [0.15, 0.2) is 55.9 Å². The Balaban J connectivity index is 1.20. The summed E-state index contributed by atoms with van der Waals surface area (Å²) < 4.78 is 89.5. The van der Waals surface area contributed by atoms with Crippen molar-refractivity contribution < 1.29 is 121 Å². The molecule has 1 aromatic rings. The number of carbonyl (C=O) groups excluding carboxylic acids is 4. The van der Waals surface area contributed by atoms with Crippen LogP contribution in [-0.2, 0) is 85.5 Å². The van der Waals surface area contributed by atoms with Crippen molar-refractivity contribution in [3.05, 3.63) is 42.0 Å². The first-order valence-corrected chi connectivity index (χ1v) is 36.4. The Morgan fingerprint density at radius 2 is 1.04 bits per heavy atom. The van der Waals surface area contributed by atoms with Gasteiger partial charge in [-0.1, -0.05) is 167 Å². The van der Waals surface area contributed by atoms with Crippen molar-refractivity contribution in [3.8, 4) is 0 Å². The summed E-state index contributed by atoms with van der Waals surface area (Å²) in [5.41, 5.74) is 0.670. The van der Waals surface area contributed by atoms with Gasteiger partial charge in [-0.25, -0.2) is 4.79 Å². The molecule has 6 aliphatic heterocycles. The van der Waals surface area contributed by atoms with E-state index in [1.54, 1.807) is 52.0 Å². The first kappa shape index (κ1) is 80.5. The summed E-state index contributed by atoms with van der Waals surface area (Å²) >= 11 is 0. The van der Waals surface area contributed by atoms with E-state index in [1.165, 1.54) is 39.7 Å². The van der Waals surface area contributed by atoms with Crippen molar-refractivity contribution >= 4 is 30.0 Å². The lowest BCUT2D eigenvalue weighted by atomic mass is 9.95. The van der Waals surface area contributed by atoms with E-state index in [0.717, 1.165) is 102 Å². The minimum atomic E-state index is -1.95. The summed E-state index contributed by atoms with van der Waals surface area (Å²) in [5.74, 6) is -3.81. The molecule has 0 saturated carbocycles. The fourth-order valence-corrected chi connectivity index (χ4v) is 13.3. The minimum absolute atomic E-state index is 0.0395. The number of aliphatic hydroxyl groups is 7. The highest BCUT2D eigenvalue weighted by molar-refractivity contribution is 5.87. The molecule has 7 N–H and O–H groups in total. The lowest BCUT2D eigenvalue weighted by Gasteiger charge is -2.51. The molecular formula is C72H116O25. The molecule has 97 heavy (non-hydrogen) atoms. The molecule has 6 heterocycles. The van der Waals surface area contributed by atoms with Gasteiger partial charge in [0, 0.05) is 18.9 Å². The van der Waals surface area contributed by atoms with Gasteiger partial charge in [0.05, 0.1) is 42.5 Å². The number of esters is 4. The van der Waals surface area contributed by atoms with Gasteiger partial charge in [0.2, 0.25) is 0 Å². The second-order valence-electron chi connectivity index (χ2n) is 27.5. The van der Waals surface area contributed by atoms with Gasteiger partial charge in [-0.05, 0) is 78.4 Å². The molecule has 0 radical (unpaired) electrons. The van der Waals surface area contributed by atoms with E-state index in [2.05, 4.69) is 13.8 Å². The van der Waals surface area contributed by atoms with Gasteiger partial charge >= 0.3 is 23.9 Å². The number of ether oxygens (including phenoxy) is 14. The Kier molecular flexibility index (Phi) is 33.8. The summed E-state index contributed by atoms with van der Waals surface area (Å²) in [6.07, 6.45) is -17.0. The highest BCUT2D eigenvalue weighted by Crippen LogP contribution is 2.40. The zero-order chi connectivity index (χ0) is 70.3. The number of rotatable bonds is 27. The van der Waals surface area contributed by atoms with E-state index in [1.807, 2.05) is 6.07 Å². The molecule has 0 amide bonds. The molecule has 0 spiro atoms. The number of hydrogen-bond acceptors (Lipinski definition) is 25. The molecule has 0 bridgehead atoms. The van der Waals surface area contributed by atoms with E-state index in [0.29, 0.717) is 31.2 Å². The van der Waals surface area contributed by atoms with Gasteiger partial charge in [0.25, 0.3) is 0 Å². The van der Waals surface area contributed by atoms with Gasteiger partial charge in [-0.2, -0.15) is 0 Å². The number of aliphatic hydroxyl groups excluding tert-OH is 7. The van der Waals surface area contributed by atoms with Crippen LogP contribution in [0.4, 0.5) is 0 Å². The van der Waals surface area contributed by atoms with Crippen molar-refractivity contribution in [2.45, 2.75) is 376 Å². The molecule has 7 rings (SSSR count). The van der Waals surface area contributed by atoms with Crippen LogP contribution in [0.25, 0.3) is 6.08 Å². The molecule has 554 valence electrons. The van der Waals surface area contributed by atoms with Crippen molar-refractivity contribution in [1.29, 1.82) is 0 Å². The first-order valence-electron chi connectivity index (χ1n) is 36.4. The third kappa shape index (κ3) is 23.3. The Morgan fingerprint density at radius 3 is 1.73 bits per heavy atom. The number of hydrogen-bond donors (Lipinski definition) is 7. The van der Waals surface area contributed by atoms with E-state index in [4.69, 9.17) is 66.3 Å². The minimum Gasteiger partial charge on any atom is -0.455 e. The second kappa shape index (κ2) is 40.7. The first-order chi connectivity index (χ1) is 46.5. The number of fused-ring (bicyclic) bond motifs is 2. The second-order valence-corrected chi connectivity index (χ2v) is 27.5. The maximum atomic E-state index is 14.4. The summed E-state index contributed by atoms with van der Waals surface area (Å²) in [4.78, 5) is 55.8. The number of unbranched alkanes of at least 4 members (excludes halogenated alkanes) is 10. The van der Waals surface area contributed by atoms with Gasteiger partial charge in [-0.15, -0.1) is 0 Å². The molecule has 0 aliphatic carbocycles. The van der Waals surface area contributed by atoms with Gasteiger partial charge in [-0.3, -0.25) is 14.4 Å². The third-order valence-electron chi connectivity index (χ3n) is 19.6. The van der Waals surface area contributed by atoms with Crippen molar-refractivity contribution in [2.24, 2.45) is 5.92 Å². The van der Waals surface area contributed by atoms with Crippen LogP contribution >= 0.6 is 0 Å². The summed E-state index contributed by atoms with van der Waals surface area (Å²) in [6.45, 7) is 15.3.